The molecule has 3 heteroatoms. The van der Waals surface area contributed by atoms with Crippen LogP contribution in [-0.2, 0) is 22.4 Å². The van der Waals surface area contributed by atoms with Crippen molar-refractivity contribution in [3.63, 3.8) is 0 Å². The molecule has 0 saturated heterocycles. The first kappa shape index (κ1) is 30.0. The smallest absolute Gasteiger partial charge is 0.0195 e. The van der Waals surface area contributed by atoms with Crippen LogP contribution in [0.15, 0.2) is 79.1 Å². The molecular formula is C33H42AuN2-2. The molecule has 0 atom stereocenters. The average Bonchev–Trinajstić information content (AvgIpc) is 3.34. The van der Waals surface area contributed by atoms with E-state index in [9.17, 15) is 0 Å². The number of benzene rings is 3. The largest absolute Gasteiger partial charge is 0.479 e. The number of anilines is 2. The van der Waals surface area contributed by atoms with Gasteiger partial charge in [0, 0.05) is 33.8 Å². The summed E-state index contributed by atoms with van der Waals surface area (Å²) >= 11 is 0. The van der Waals surface area contributed by atoms with Gasteiger partial charge in [-0.2, -0.15) is 36.4 Å². The molecule has 0 bridgehead atoms. The quantitative estimate of drug-likeness (QED) is 0.192. The zero-order chi connectivity index (χ0) is 25.5. The Hall–Kier alpha value is -2.26. The van der Waals surface area contributed by atoms with Crippen LogP contribution in [0.5, 0.6) is 0 Å². The van der Waals surface area contributed by atoms with E-state index in [-0.39, 0.29) is 22.4 Å². The molecular weight excluding hydrogens is 621 g/mol. The normalized spacial score (nSPS) is 12.9. The maximum absolute atomic E-state index is 2.89. The van der Waals surface area contributed by atoms with Crippen LogP contribution < -0.4 is 9.80 Å². The molecule has 3 aromatic rings. The minimum absolute atomic E-state index is 0. The van der Waals surface area contributed by atoms with Crippen molar-refractivity contribution in [3.05, 3.63) is 114 Å². The van der Waals surface area contributed by atoms with Gasteiger partial charge in [0.25, 0.3) is 0 Å². The van der Waals surface area contributed by atoms with E-state index >= 15 is 0 Å². The summed E-state index contributed by atoms with van der Waals surface area (Å²) in [4.78, 5) is 4.65. The Labute approximate surface area is 235 Å². The van der Waals surface area contributed by atoms with Gasteiger partial charge in [-0.1, -0.05) is 91.8 Å². The Morgan fingerprint density at radius 3 is 1.08 bits per heavy atom. The van der Waals surface area contributed by atoms with E-state index in [1.54, 1.807) is 0 Å². The number of hydrogen-bond acceptors (Lipinski definition) is 2. The maximum Gasteiger partial charge on any atom is 0.0195 e. The van der Waals surface area contributed by atoms with Gasteiger partial charge in [0.05, 0.1) is 0 Å². The van der Waals surface area contributed by atoms with Crippen molar-refractivity contribution in [2.75, 3.05) is 9.80 Å². The third-order valence-electron chi connectivity index (χ3n) is 6.45. The van der Waals surface area contributed by atoms with Crippen molar-refractivity contribution in [1.29, 1.82) is 0 Å². The number of rotatable bonds is 6. The van der Waals surface area contributed by atoms with Gasteiger partial charge < -0.3 is 9.80 Å². The summed E-state index contributed by atoms with van der Waals surface area (Å²) in [6, 6.07) is 26.0. The standard InChI is InChI=1S/C27H37N2.C6H5.Au/c1-18(2)22-11-9-12-23(19(3)4)26(22)28-15-16-29(17-28)27-24(20(5)6)13-10-14-25(27)21(7)8;1-2-4-6-5-3-1;/h9-21H,1-8H3;1-5H;/q2*-1;. The summed E-state index contributed by atoms with van der Waals surface area (Å²) in [6.45, 7) is 20.5. The van der Waals surface area contributed by atoms with Crippen LogP contribution in [0.1, 0.15) is 101 Å². The molecule has 1 aliphatic heterocycles. The molecule has 0 fully saturated rings. The molecule has 1 aliphatic rings. The molecule has 3 aromatic carbocycles. The Balaban J connectivity index is 0.000000571. The van der Waals surface area contributed by atoms with Gasteiger partial charge in [-0.25, -0.2) is 0 Å². The van der Waals surface area contributed by atoms with Crippen LogP contribution in [0.3, 0.4) is 0 Å². The van der Waals surface area contributed by atoms with Gasteiger partial charge >= 0.3 is 0 Å². The maximum atomic E-state index is 2.89. The van der Waals surface area contributed by atoms with E-state index in [1.165, 1.54) is 33.6 Å². The van der Waals surface area contributed by atoms with Crippen LogP contribution in [0, 0.1) is 12.7 Å². The van der Waals surface area contributed by atoms with Gasteiger partial charge in [0.15, 0.2) is 0 Å². The van der Waals surface area contributed by atoms with Crippen LogP contribution in [0.2, 0.25) is 0 Å². The fraction of sp³-hybridized carbons (Fsp3) is 0.364. The zero-order valence-electron chi connectivity index (χ0n) is 23.1. The molecule has 0 aromatic heterocycles. The van der Waals surface area contributed by atoms with Crippen LogP contribution in [0.25, 0.3) is 0 Å². The molecule has 1 radical (unpaired) electrons. The minimum atomic E-state index is 0. The Morgan fingerprint density at radius 1 is 0.528 bits per heavy atom. The van der Waals surface area contributed by atoms with Crippen LogP contribution in [-0.4, -0.2) is 0 Å². The average molecular weight is 664 g/mol. The van der Waals surface area contributed by atoms with Gasteiger partial charge in [-0.3, -0.25) is 0 Å². The summed E-state index contributed by atoms with van der Waals surface area (Å²) in [5, 5.41) is 0. The van der Waals surface area contributed by atoms with E-state index in [2.05, 4.69) is 127 Å². The zero-order valence-corrected chi connectivity index (χ0v) is 25.3. The van der Waals surface area contributed by atoms with E-state index in [1.807, 2.05) is 30.3 Å². The van der Waals surface area contributed by atoms with Gasteiger partial charge in [0.1, 0.15) is 0 Å². The van der Waals surface area contributed by atoms with Crippen molar-refractivity contribution < 1.29 is 22.4 Å². The Morgan fingerprint density at radius 2 is 0.861 bits per heavy atom. The topological polar surface area (TPSA) is 6.48 Å². The Kier molecular flexibility index (Phi) is 11.6. The third-order valence-corrected chi connectivity index (χ3v) is 6.45. The summed E-state index contributed by atoms with van der Waals surface area (Å²) in [7, 11) is 0. The summed E-state index contributed by atoms with van der Waals surface area (Å²) in [5.74, 6) is 1.92. The second-order valence-corrected chi connectivity index (χ2v) is 10.5. The van der Waals surface area contributed by atoms with Crippen molar-refractivity contribution in [3.8, 4) is 0 Å². The van der Waals surface area contributed by atoms with Crippen LogP contribution in [0.4, 0.5) is 11.4 Å². The Bertz CT molecular complexity index is 949. The molecule has 0 spiro atoms. The molecule has 0 saturated carbocycles. The van der Waals surface area contributed by atoms with E-state index in [0.29, 0.717) is 23.7 Å². The van der Waals surface area contributed by atoms with Crippen molar-refractivity contribution in [2.24, 2.45) is 0 Å². The van der Waals surface area contributed by atoms with Crippen LogP contribution >= 0.6 is 0 Å². The molecule has 2 nitrogen and oxygen atoms in total. The molecule has 0 aliphatic carbocycles. The van der Waals surface area contributed by atoms with E-state index in [4.69, 9.17) is 0 Å². The molecule has 1 heterocycles. The fourth-order valence-electron chi connectivity index (χ4n) is 4.58. The van der Waals surface area contributed by atoms with Gasteiger partial charge in [0.2, 0.25) is 0 Å². The SMILES string of the molecule is CC(C)c1cccc(C(C)C)c1N1C=CN(c2c(C(C)C)cccc2C(C)C)[CH-]1.[Au].[c-]1ccccc1. The number of hydrogen-bond donors (Lipinski definition) is 0. The van der Waals surface area contributed by atoms with Gasteiger partial charge in [-0.05, 0) is 58.3 Å². The molecule has 36 heavy (non-hydrogen) atoms. The number of para-hydroxylation sites is 2. The second kappa shape index (κ2) is 13.9. The first-order chi connectivity index (χ1) is 16.7. The fourth-order valence-corrected chi connectivity index (χ4v) is 4.58. The van der Waals surface area contributed by atoms with Crippen molar-refractivity contribution in [1.82, 2.24) is 0 Å². The second-order valence-electron chi connectivity index (χ2n) is 10.5. The predicted octanol–water partition coefficient (Wildman–Crippen LogP) is 9.58. The molecule has 4 rings (SSSR count). The predicted molar refractivity (Wildman–Crippen MR) is 153 cm³/mol. The first-order valence-corrected chi connectivity index (χ1v) is 13.0. The molecule has 0 N–H and O–H groups in total. The molecule has 0 unspecified atom stereocenters. The number of nitrogens with zero attached hydrogens (tertiary/aromatic N) is 2. The molecule has 197 valence electrons. The van der Waals surface area contributed by atoms with Crippen molar-refractivity contribution >= 4 is 11.4 Å². The van der Waals surface area contributed by atoms with Crippen molar-refractivity contribution in [2.45, 2.75) is 79.1 Å². The van der Waals surface area contributed by atoms with E-state index < -0.39 is 0 Å². The minimum Gasteiger partial charge on any atom is -0.479 e. The summed E-state index contributed by atoms with van der Waals surface area (Å²) < 4.78 is 0. The monoisotopic (exact) mass is 663 g/mol. The van der Waals surface area contributed by atoms with Gasteiger partial charge in [-0.15, -0.1) is 6.67 Å². The first-order valence-electron chi connectivity index (χ1n) is 13.0. The molecule has 0 amide bonds. The summed E-state index contributed by atoms with van der Waals surface area (Å²) in [6.07, 6.45) is 4.43. The summed E-state index contributed by atoms with van der Waals surface area (Å²) in [5.41, 5.74) is 8.29. The third kappa shape index (κ3) is 7.16. The van der Waals surface area contributed by atoms with E-state index in [0.717, 1.165) is 0 Å².